The molecule has 2 heterocycles. The second-order valence-corrected chi connectivity index (χ2v) is 4.33. The number of nitrogens with zero attached hydrogens (tertiary/aromatic N) is 1. The number of carbonyl (C=O) groups is 2. The fourth-order valence-electron chi connectivity index (χ4n) is 2.08. The van der Waals surface area contributed by atoms with Crippen LogP contribution >= 0.6 is 0 Å². The van der Waals surface area contributed by atoms with Crippen LogP contribution in [0.5, 0.6) is 0 Å². The molecule has 3 atom stereocenters. The first-order valence-corrected chi connectivity index (χ1v) is 5.32. The van der Waals surface area contributed by atoms with Crippen molar-refractivity contribution in [2.75, 3.05) is 13.7 Å². The van der Waals surface area contributed by atoms with Gasteiger partial charge in [0.1, 0.15) is 18.2 Å². The van der Waals surface area contributed by atoms with E-state index in [9.17, 15) is 9.59 Å². The van der Waals surface area contributed by atoms with E-state index in [-0.39, 0.29) is 12.6 Å². The van der Waals surface area contributed by atoms with E-state index in [4.69, 9.17) is 14.4 Å². The zero-order chi connectivity index (χ0) is 12.6. The summed E-state index contributed by atoms with van der Waals surface area (Å²) in [4.78, 5) is 32.9. The molecule has 0 N–H and O–H groups in total. The van der Waals surface area contributed by atoms with Gasteiger partial charge in [0, 0.05) is 13.3 Å². The average Bonchev–Trinajstić information content (AvgIpc) is 2.73. The molecule has 2 rings (SSSR count). The van der Waals surface area contributed by atoms with Crippen molar-refractivity contribution in [3.05, 3.63) is 0 Å². The van der Waals surface area contributed by atoms with Crippen LogP contribution in [0.1, 0.15) is 20.3 Å². The molecular weight excluding hydrogens is 230 g/mol. The summed E-state index contributed by atoms with van der Waals surface area (Å²) in [5.74, 6) is -0.853. The molecule has 2 fully saturated rings. The minimum Gasteiger partial charge on any atom is -0.467 e. The summed E-state index contributed by atoms with van der Waals surface area (Å²) in [5.41, 5.74) is -0.648. The van der Waals surface area contributed by atoms with Crippen LogP contribution in [0.25, 0.3) is 0 Å². The van der Waals surface area contributed by atoms with Crippen molar-refractivity contribution >= 4 is 11.9 Å². The Morgan fingerprint density at radius 3 is 2.76 bits per heavy atom. The van der Waals surface area contributed by atoms with Crippen LogP contribution in [0.2, 0.25) is 0 Å². The van der Waals surface area contributed by atoms with E-state index >= 15 is 0 Å². The van der Waals surface area contributed by atoms with Crippen LogP contribution in [-0.2, 0) is 28.7 Å². The third-order valence-corrected chi connectivity index (χ3v) is 3.05. The lowest BCUT2D eigenvalue weighted by atomic mass is 9.91. The van der Waals surface area contributed by atoms with Crippen molar-refractivity contribution in [3.63, 3.8) is 0 Å². The highest BCUT2D eigenvalue weighted by atomic mass is 17.0. The molecule has 0 amide bonds. The average molecular weight is 245 g/mol. The van der Waals surface area contributed by atoms with Gasteiger partial charge in [-0.15, -0.1) is 0 Å². The van der Waals surface area contributed by atoms with Gasteiger partial charge in [0.05, 0.1) is 7.11 Å². The monoisotopic (exact) mass is 245 g/mol. The van der Waals surface area contributed by atoms with Gasteiger partial charge in [0.2, 0.25) is 0 Å². The third kappa shape index (κ3) is 2.01. The highest BCUT2D eigenvalue weighted by molar-refractivity contribution is 5.75. The van der Waals surface area contributed by atoms with Crippen LogP contribution < -0.4 is 0 Å². The van der Waals surface area contributed by atoms with E-state index < -0.39 is 23.7 Å². The Bertz CT molecular complexity index is 346. The van der Waals surface area contributed by atoms with Crippen molar-refractivity contribution in [2.45, 2.75) is 38.0 Å². The Kier molecular flexibility index (Phi) is 3.07. The van der Waals surface area contributed by atoms with E-state index in [0.29, 0.717) is 6.42 Å². The Hall–Kier alpha value is -1.18. The predicted octanol–water partition coefficient (Wildman–Crippen LogP) is -0.199. The van der Waals surface area contributed by atoms with Crippen LogP contribution in [0.4, 0.5) is 0 Å². The molecule has 7 heteroatoms. The van der Waals surface area contributed by atoms with Crippen LogP contribution in [0.15, 0.2) is 0 Å². The predicted molar refractivity (Wildman–Crippen MR) is 53.3 cm³/mol. The molecule has 0 aliphatic carbocycles. The zero-order valence-corrected chi connectivity index (χ0v) is 9.97. The summed E-state index contributed by atoms with van der Waals surface area (Å²) in [7, 11) is 1.29. The quantitative estimate of drug-likeness (QED) is 0.624. The Morgan fingerprint density at radius 1 is 1.47 bits per heavy atom. The minimum absolute atomic E-state index is 0.226. The molecule has 0 saturated carbocycles. The molecule has 3 unspecified atom stereocenters. The molecule has 2 saturated heterocycles. The number of hydrogen-bond acceptors (Lipinski definition) is 7. The third-order valence-electron chi connectivity index (χ3n) is 3.05. The van der Waals surface area contributed by atoms with Gasteiger partial charge in [-0.1, -0.05) is 5.23 Å². The summed E-state index contributed by atoms with van der Waals surface area (Å²) < 4.78 is 9.76. The molecule has 0 aromatic carbocycles. The molecule has 96 valence electrons. The fraction of sp³-hybridized carbons (Fsp3) is 0.800. The van der Waals surface area contributed by atoms with Gasteiger partial charge in [-0.05, 0) is 6.92 Å². The summed E-state index contributed by atoms with van der Waals surface area (Å²) >= 11 is 0. The van der Waals surface area contributed by atoms with Crippen molar-refractivity contribution in [1.29, 1.82) is 0 Å². The maximum Gasteiger partial charge on any atom is 0.337 e. The van der Waals surface area contributed by atoms with Gasteiger partial charge in [0.25, 0.3) is 0 Å². The molecule has 17 heavy (non-hydrogen) atoms. The number of esters is 2. The SMILES string of the molecule is COC(=O)C1CC2(C)C(OC(C)=O)CON2O1. The van der Waals surface area contributed by atoms with E-state index in [2.05, 4.69) is 4.74 Å². The van der Waals surface area contributed by atoms with Crippen LogP contribution in [0, 0.1) is 0 Å². The van der Waals surface area contributed by atoms with Crippen molar-refractivity contribution in [1.82, 2.24) is 5.23 Å². The zero-order valence-electron chi connectivity index (χ0n) is 9.97. The topological polar surface area (TPSA) is 74.3 Å². The number of hydrogen-bond donors (Lipinski definition) is 0. The normalized spacial score (nSPS) is 36.6. The van der Waals surface area contributed by atoms with E-state index in [0.717, 1.165) is 0 Å². The minimum atomic E-state index is -0.719. The Balaban J connectivity index is 2.09. The second-order valence-electron chi connectivity index (χ2n) is 4.33. The smallest absolute Gasteiger partial charge is 0.337 e. The van der Waals surface area contributed by atoms with Gasteiger partial charge in [0.15, 0.2) is 6.10 Å². The molecule has 7 nitrogen and oxygen atoms in total. The first-order chi connectivity index (χ1) is 7.97. The molecule has 2 aliphatic rings. The molecule has 0 aromatic heterocycles. The largest absolute Gasteiger partial charge is 0.467 e. The molecular formula is C10H15NO6. The van der Waals surface area contributed by atoms with Gasteiger partial charge in [-0.2, -0.15) is 0 Å². The van der Waals surface area contributed by atoms with Crippen molar-refractivity contribution in [2.24, 2.45) is 0 Å². The van der Waals surface area contributed by atoms with E-state index in [1.807, 2.05) is 6.92 Å². The number of methoxy groups -OCH3 is 1. The lowest BCUT2D eigenvalue weighted by molar-refractivity contribution is -0.354. The Labute approximate surface area is 98.5 Å². The summed E-state index contributed by atoms with van der Waals surface area (Å²) in [6.07, 6.45) is -0.810. The molecule has 2 aliphatic heterocycles. The van der Waals surface area contributed by atoms with Gasteiger partial charge in [-0.3, -0.25) is 14.5 Å². The fourth-order valence-corrected chi connectivity index (χ4v) is 2.08. The highest BCUT2D eigenvalue weighted by Crippen LogP contribution is 2.40. The van der Waals surface area contributed by atoms with Gasteiger partial charge >= 0.3 is 11.9 Å². The van der Waals surface area contributed by atoms with Crippen molar-refractivity contribution < 1.29 is 28.7 Å². The van der Waals surface area contributed by atoms with E-state index in [1.54, 1.807) is 0 Å². The van der Waals surface area contributed by atoms with E-state index in [1.165, 1.54) is 19.3 Å². The summed E-state index contributed by atoms with van der Waals surface area (Å²) in [6, 6.07) is 0. The summed E-state index contributed by atoms with van der Waals surface area (Å²) in [5, 5.41) is 1.24. The van der Waals surface area contributed by atoms with Crippen LogP contribution in [-0.4, -0.2) is 48.6 Å². The standard InChI is InChI=1S/C10H15NO6/c1-6(12)16-8-5-15-11-10(8,2)4-7(17-11)9(13)14-3/h7-8H,4-5H2,1-3H3. The van der Waals surface area contributed by atoms with Crippen LogP contribution in [0.3, 0.4) is 0 Å². The van der Waals surface area contributed by atoms with Gasteiger partial charge < -0.3 is 9.47 Å². The number of ether oxygens (including phenoxy) is 2. The number of carbonyl (C=O) groups excluding carboxylic acids is 2. The molecule has 0 aromatic rings. The first kappa shape index (κ1) is 12.3. The lowest BCUT2D eigenvalue weighted by Crippen LogP contribution is -2.44. The maximum atomic E-state index is 11.4. The van der Waals surface area contributed by atoms with Gasteiger partial charge in [-0.25, -0.2) is 4.79 Å². The number of fused-ring (bicyclic) bond motifs is 1. The first-order valence-electron chi connectivity index (χ1n) is 5.32. The van der Waals surface area contributed by atoms with Crippen molar-refractivity contribution in [3.8, 4) is 0 Å². The highest BCUT2D eigenvalue weighted by Gasteiger charge is 2.58. The maximum absolute atomic E-state index is 11.4. The molecule has 0 spiro atoms. The number of hydroxylamine groups is 2. The number of rotatable bonds is 2. The molecule has 0 radical (unpaired) electrons. The Morgan fingerprint density at radius 2 is 2.18 bits per heavy atom. The lowest BCUT2D eigenvalue weighted by Gasteiger charge is -2.26. The summed E-state index contributed by atoms with van der Waals surface area (Å²) in [6.45, 7) is 3.38. The molecule has 0 bridgehead atoms. The second kappa shape index (κ2) is 4.25.